The molecule has 0 saturated heterocycles. The van der Waals surface area contributed by atoms with Crippen LogP contribution in [0, 0.1) is 0 Å². The van der Waals surface area contributed by atoms with E-state index in [9.17, 15) is 0 Å². The van der Waals surface area contributed by atoms with E-state index in [4.69, 9.17) is 19.4 Å². The lowest BCUT2D eigenvalue weighted by Gasteiger charge is -2.17. The fourth-order valence-electron chi connectivity index (χ4n) is 11.2. The van der Waals surface area contributed by atoms with Crippen LogP contribution in [0.5, 0.6) is 0 Å². The third-order valence-corrected chi connectivity index (χ3v) is 14.4. The van der Waals surface area contributed by atoms with E-state index in [0.29, 0.717) is 17.5 Å². The van der Waals surface area contributed by atoms with Crippen molar-refractivity contribution in [3.8, 4) is 51.0 Å². The molecule has 0 N–H and O–H groups in total. The Morgan fingerprint density at radius 2 is 0.771 bits per heavy atom. The number of aromatic nitrogens is 4. The topological polar surface area (TPSA) is 56.7 Å². The van der Waals surface area contributed by atoms with Crippen LogP contribution >= 0.6 is 0 Å². The molecule has 0 fully saturated rings. The van der Waals surface area contributed by atoms with Gasteiger partial charge < -0.3 is 8.98 Å². The monoisotopic (exact) mass is 890 g/mol. The lowest BCUT2D eigenvalue weighted by molar-refractivity contribution is 0.669. The molecule has 0 spiro atoms. The van der Waals surface area contributed by atoms with Crippen LogP contribution < -0.4 is 0 Å². The molecule has 0 unspecified atom stereocenters. The number of rotatable bonds is 5. The van der Waals surface area contributed by atoms with E-state index in [1.807, 2.05) is 12.1 Å². The number of hydrogen-bond donors (Lipinski definition) is 0. The van der Waals surface area contributed by atoms with Crippen molar-refractivity contribution in [2.24, 2.45) is 0 Å². The van der Waals surface area contributed by atoms with E-state index in [0.717, 1.165) is 110 Å². The van der Waals surface area contributed by atoms with Crippen molar-refractivity contribution < 1.29 is 4.42 Å². The first kappa shape index (κ1) is 38.6. The van der Waals surface area contributed by atoms with Crippen molar-refractivity contribution in [3.05, 3.63) is 231 Å². The van der Waals surface area contributed by atoms with Gasteiger partial charge in [-0.15, -0.1) is 0 Å². The van der Waals surface area contributed by atoms with Crippen LogP contribution in [0.3, 0.4) is 0 Å². The van der Waals surface area contributed by atoms with Crippen LogP contribution in [0.15, 0.2) is 235 Å². The van der Waals surface area contributed by atoms with Gasteiger partial charge in [-0.05, 0) is 132 Å². The fraction of sp³-hybridized carbons (Fsp3) is 0. The summed E-state index contributed by atoms with van der Waals surface area (Å²) < 4.78 is 8.81. The second-order valence-electron chi connectivity index (χ2n) is 18.3. The highest BCUT2D eigenvalue weighted by atomic mass is 16.3. The Morgan fingerprint density at radius 3 is 1.39 bits per heavy atom. The van der Waals surface area contributed by atoms with Gasteiger partial charge in [0.1, 0.15) is 11.2 Å². The van der Waals surface area contributed by atoms with Crippen LogP contribution in [0.25, 0.3) is 149 Å². The summed E-state index contributed by atoms with van der Waals surface area (Å²) in [5.74, 6) is 1.82. The Kier molecular flexibility index (Phi) is 8.29. The molecule has 0 atom stereocenters. The molecule has 70 heavy (non-hydrogen) atoms. The van der Waals surface area contributed by atoms with Gasteiger partial charge in [-0.2, -0.15) is 0 Å². The molecule has 3 heterocycles. The van der Waals surface area contributed by atoms with Gasteiger partial charge in [0.05, 0.1) is 11.0 Å². The molecule has 0 bridgehead atoms. The minimum atomic E-state index is 0.584. The molecule has 3 aromatic heterocycles. The molecule has 12 aromatic carbocycles. The summed E-state index contributed by atoms with van der Waals surface area (Å²) in [7, 11) is 0. The van der Waals surface area contributed by atoms with E-state index >= 15 is 0 Å². The summed E-state index contributed by atoms with van der Waals surface area (Å²) in [5, 5.41) is 15.8. The predicted molar refractivity (Wildman–Crippen MR) is 291 cm³/mol. The number of fused-ring (bicyclic) bond motifs is 11. The molecule has 0 aliphatic carbocycles. The van der Waals surface area contributed by atoms with Gasteiger partial charge in [-0.3, -0.25) is 0 Å². The molecule has 5 heteroatoms. The quantitative estimate of drug-likeness (QED) is 0.162. The van der Waals surface area contributed by atoms with E-state index < -0.39 is 0 Å². The minimum Gasteiger partial charge on any atom is -0.456 e. The Labute approximate surface area is 401 Å². The Hall–Kier alpha value is -9.45. The first-order chi connectivity index (χ1) is 34.7. The summed E-state index contributed by atoms with van der Waals surface area (Å²) in [6, 6.07) is 82.4. The third kappa shape index (κ3) is 5.88. The SMILES string of the molecule is c1ccc2cc3c(cc2c1)c1ccccc1n3-c1ccc(-c2nc(-c3c4ccccc4cc4ccccc34)nc(-c3c4ccccc4cc4ccccc34)n2)c(-c2ccc3oc4ccccc4c3c2)c1. The lowest BCUT2D eigenvalue weighted by atomic mass is 9.94. The van der Waals surface area contributed by atoms with Gasteiger partial charge in [0.15, 0.2) is 17.5 Å². The van der Waals surface area contributed by atoms with Gasteiger partial charge in [-0.25, -0.2) is 15.0 Å². The number of furan rings is 1. The first-order valence-corrected chi connectivity index (χ1v) is 23.7. The second kappa shape index (κ2) is 15.0. The number of hydrogen-bond acceptors (Lipinski definition) is 4. The normalized spacial score (nSPS) is 12.0. The van der Waals surface area contributed by atoms with Crippen LogP contribution in [-0.2, 0) is 0 Å². The molecule has 15 aromatic rings. The highest BCUT2D eigenvalue weighted by molar-refractivity contribution is 6.16. The number of benzene rings is 12. The van der Waals surface area contributed by atoms with E-state index in [1.165, 1.54) is 21.5 Å². The lowest BCUT2D eigenvalue weighted by Crippen LogP contribution is -2.03. The second-order valence-corrected chi connectivity index (χ2v) is 18.3. The zero-order valence-electron chi connectivity index (χ0n) is 37.6. The zero-order valence-corrected chi connectivity index (χ0v) is 37.6. The molecule has 0 amide bonds. The summed E-state index contributed by atoms with van der Waals surface area (Å²) in [4.78, 5) is 16.8. The van der Waals surface area contributed by atoms with Gasteiger partial charge in [0.2, 0.25) is 0 Å². The fourth-order valence-corrected chi connectivity index (χ4v) is 11.2. The summed E-state index contributed by atoms with van der Waals surface area (Å²) in [6.45, 7) is 0. The van der Waals surface area contributed by atoms with Crippen LogP contribution in [0.2, 0.25) is 0 Å². The van der Waals surface area contributed by atoms with Crippen molar-refractivity contribution >= 4 is 97.6 Å². The average Bonchev–Trinajstić information content (AvgIpc) is 3.95. The molecule has 5 nitrogen and oxygen atoms in total. The Bertz CT molecular complexity index is 4430. The van der Waals surface area contributed by atoms with E-state index in [2.05, 4.69) is 223 Å². The van der Waals surface area contributed by atoms with Crippen molar-refractivity contribution in [3.63, 3.8) is 0 Å². The maximum atomic E-state index is 6.41. The first-order valence-electron chi connectivity index (χ1n) is 23.7. The standard InChI is InChI=1S/C65H38N4O/c1-2-16-40-37-58-55(35-39(40)15-1)51-25-11-13-27-57(51)69(58)46-30-31-53(54(38-46)45-29-32-60-56(36-45)52-26-12-14-28-59(52)70-60)63-66-64(61-47-21-7-3-17-41(47)33-42-18-4-8-22-48(42)61)68-65(67-63)62-49-23-9-5-19-43(49)34-44-20-6-10-24-50(44)62/h1-38H. The largest absolute Gasteiger partial charge is 0.456 e. The summed E-state index contributed by atoms with van der Waals surface area (Å²) >= 11 is 0. The molecule has 324 valence electrons. The van der Waals surface area contributed by atoms with Crippen molar-refractivity contribution in [1.29, 1.82) is 0 Å². The highest BCUT2D eigenvalue weighted by Crippen LogP contribution is 2.43. The highest BCUT2D eigenvalue weighted by Gasteiger charge is 2.23. The van der Waals surface area contributed by atoms with Crippen molar-refractivity contribution in [2.45, 2.75) is 0 Å². The average molecular weight is 891 g/mol. The van der Waals surface area contributed by atoms with Gasteiger partial charge >= 0.3 is 0 Å². The van der Waals surface area contributed by atoms with Crippen molar-refractivity contribution in [1.82, 2.24) is 19.5 Å². The Morgan fingerprint density at radius 1 is 0.286 bits per heavy atom. The van der Waals surface area contributed by atoms with E-state index in [-0.39, 0.29) is 0 Å². The molecule has 0 aliphatic heterocycles. The molecular weight excluding hydrogens is 853 g/mol. The molecular formula is C65H38N4O. The smallest absolute Gasteiger partial charge is 0.165 e. The predicted octanol–water partition coefficient (Wildman–Crippen LogP) is 17.3. The molecule has 0 aliphatic rings. The van der Waals surface area contributed by atoms with Gasteiger partial charge in [-0.1, -0.05) is 164 Å². The maximum Gasteiger partial charge on any atom is 0.165 e. The van der Waals surface area contributed by atoms with E-state index in [1.54, 1.807) is 0 Å². The molecule has 0 saturated carbocycles. The van der Waals surface area contributed by atoms with Crippen LogP contribution in [0.1, 0.15) is 0 Å². The summed E-state index contributed by atoms with van der Waals surface area (Å²) in [5.41, 5.74) is 9.87. The van der Waals surface area contributed by atoms with Gasteiger partial charge in [0.25, 0.3) is 0 Å². The Balaban J connectivity index is 1.07. The van der Waals surface area contributed by atoms with Crippen molar-refractivity contribution in [2.75, 3.05) is 0 Å². The minimum absolute atomic E-state index is 0.584. The zero-order chi connectivity index (χ0) is 45.9. The number of nitrogens with zero attached hydrogens (tertiary/aromatic N) is 4. The van der Waals surface area contributed by atoms with Crippen LogP contribution in [0.4, 0.5) is 0 Å². The number of para-hydroxylation sites is 2. The summed E-state index contributed by atoms with van der Waals surface area (Å²) in [6.07, 6.45) is 0. The van der Waals surface area contributed by atoms with Gasteiger partial charge in [0, 0.05) is 43.9 Å². The molecule has 15 rings (SSSR count). The van der Waals surface area contributed by atoms with Crippen LogP contribution in [-0.4, -0.2) is 19.5 Å². The third-order valence-electron chi connectivity index (χ3n) is 14.4. The maximum absolute atomic E-state index is 6.41. The molecule has 0 radical (unpaired) electrons.